The summed E-state index contributed by atoms with van der Waals surface area (Å²) in [5.74, 6) is 0.340. The van der Waals surface area contributed by atoms with Crippen molar-refractivity contribution < 1.29 is 14.6 Å². The molecule has 0 saturated carbocycles. The number of phenolic OH excluding ortho intramolecular Hbond substituents is 1. The molecule has 2 aromatic carbocycles. The van der Waals surface area contributed by atoms with Gasteiger partial charge in [0.05, 0.1) is 7.11 Å². The second-order valence-corrected chi connectivity index (χ2v) is 4.75. The third-order valence-corrected chi connectivity index (χ3v) is 3.35. The van der Waals surface area contributed by atoms with Crippen molar-refractivity contribution in [2.75, 3.05) is 7.11 Å². The summed E-state index contributed by atoms with van der Waals surface area (Å²) in [6.07, 6.45) is 0. The van der Waals surface area contributed by atoms with Gasteiger partial charge in [-0.2, -0.15) is 0 Å². The number of primary amides is 1. The zero-order chi connectivity index (χ0) is 16.1. The third-order valence-electron chi connectivity index (χ3n) is 3.35. The third kappa shape index (κ3) is 3.41. The molecule has 1 atom stereocenters. The topological polar surface area (TPSA) is 97.3 Å². The van der Waals surface area contributed by atoms with Crippen LogP contribution in [0, 0.1) is 0 Å². The average molecular weight is 299 g/mol. The minimum Gasteiger partial charge on any atom is -0.508 e. The Labute approximate surface area is 128 Å². The Kier molecular flexibility index (Phi) is 4.73. The first-order valence-corrected chi connectivity index (χ1v) is 6.70. The summed E-state index contributed by atoms with van der Waals surface area (Å²) in [5.41, 5.74) is 6.99. The number of hydrogen-bond acceptors (Lipinski definition) is 4. The molecule has 6 heteroatoms. The SMILES string of the molecule is COc1cc(O)c(C(C)c2ccccc2)cc1N=NC(N)=O. The van der Waals surface area contributed by atoms with Gasteiger partial charge in [0.2, 0.25) is 0 Å². The van der Waals surface area contributed by atoms with E-state index in [2.05, 4.69) is 10.2 Å². The van der Waals surface area contributed by atoms with E-state index in [-0.39, 0.29) is 11.7 Å². The number of benzene rings is 2. The molecule has 3 N–H and O–H groups in total. The lowest BCUT2D eigenvalue weighted by Gasteiger charge is -2.16. The number of azo groups is 1. The first-order chi connectivity index (χ1) is 10.5. The number of aromatic hydroxyl groups is 1. The van der Waals surface area contributed by atoms with Crippen molar-refractivity contribution in [3.05, 3.63) is 53.6 Å². The zero-order valence-electron chi connectivity index (χ0n) is 12.4. The van der Waals surface area contributed by atoms with Gasteiger partial charge in [0.15, 0.2) is 0 Å². The van der Waals surface area contributed by atoms with Gasteiger partial charge in [0.25, 0.3) is 0 Å². The number of carbonyl (C=O) groups is 1. The van der Waals surface area contributed by atoms with Crippen LogP contribution in [0.1, 0.15) is 24.0 Å². The van der Waals surface area contributed by atoms with E-state index in [9.17, 15) is 9.90 Å². The minimum atomic E-state index is -0.896. The van der Waals surface area contributed by atoms with E-state index < -0.39 is 6.03 Å². The molecule has 114 valence electrons. The number of nitrogens with zero attached hydrogens (tertiary/aromatic N) is 2. The van der Waals surface area contributed by atoms with Crippen LogP contribution in [-0.4, -0.2) is 18.2 Å². The van der Waals surface area contributed by atoms with E-state index >= 15 is 0 Å². The first-order valence-electron chi connectivity index (χ1n) is 6.70. The maximum absolute atomic E-state index is 10.8. The lowest BCUT2D eigenvalue weighted by molar-refractivity contribution is 0.255. The van der Waals surface area contributed by atoms with Crippen LogP contribution in [0.2, 0.25) is 0 Å². The molecule has 0 aliphatic heterocycles. The van der Waals surface area contributed by atoms with Crippen LogP contribution in [0.5, 0.6) is 11.5 Å². The lowest BCUT2D eigenvalue weighted by Crippen LogP contribution is -2.02. The molecule has 0 spiro atoms. The Morgan fingerprint density at radius 1 is 1.27 bits per heavy atom. The molecule has 0 radical (unpaired) electrons. The molecule has 2 rings (SSSR count). The van der Waals surface area contributed by atoms with Gasteiger partial charge < -0.3 is 15.6 Å². The van der Waals surface area contributed by atoms with Crippen LogP contribution in [-0.2, 0) is 0 Å². The molecule has 6 nitrogen and oxygen atoms in total. The van der Waals surface area contributed by atoms with E-state index in [1.54, 1.807) is 6.07 Å². The molecular weight excluding hydrogens is 282 g/mol. The van der Waals surface area contributed by atoms with Crippen LogP contribution in [0.3, 0.4) is 0 Å². The van der Waals surface area contributed by atoms with Gasteiger partial charge in [-0.25, -0.2) is 4.79 Å². The summed E-state index contributed by atoms with van der Waals surface area (Å²) in [7, 11) is 1.44. The highest BCUT2D eigenvalue weighted by Gasteiger charge is 2.16. The first kappa shape index (κ1) is 15.5. The van der Waals surface area contributed by atoms with Gasteiger partial charge in [-0.1, -0.05) is 42.4 Å². The normalized spacial score (nSPS) is 12.3. The van der Waals surface area contributed by atoms with Gasteiger partial charge in [-0.05, 0) is 11.6 Å². The largest absolute Gasteiger partial charge is 0.508 e. The smallest absolute Gasteiger partial charge is 0.356 e. The molecule has 0 aliphatic rings. The number of nitrogens with two attached hydrogens (primary N) is 1. The molecule has 0 saturated heterocycles. The van der Waals surface area contributed by atoms with Crippen molar-refractivity contribution in [3.63, 3.8) is 0 Å². The summed E-state index contributed by atoms with van der Waals surface area (Å²) in [4.78, 5) is 10.8. The van der Waals surface area contributed by atoms with Gasteiger partial charge >= 0.3 is 6.03 Å². The lowest BCUT2D eigenvalue weighted by atomic mass is 9.92. The standard InChI is InChI=1S/C16H17N3O3/c1-10(11-6-4-3-5-7-11)12-8-13(18-19-16(17)21)15(22-2)9-14(12)20/h3-10,20H,1-2H3,(H2,17,21). The number of ether oxygens (including phenoxy) is 1. The van der Waals surface area contributed by atoms with Gasteiger partial charge in [0.1, 0.15) is 17.2 Å². The number of carbonyl (C=O) groups excluding carboxylic acids is 1. The molecule has 0 fully saturated rings. The van der Waals surface area contributed by atoms with Crippen LogP contribution in [0.15, 0.2) is 52.7 Å². The molecule has 0 bridgehead atoms. The fourth-order valence-corrected chi connectivity index (χ4v) is 2.19. The minimum absolute atomic E-state index is 0.0605. The Balaban J connectivity index is 2.48. The highest BCUT2D eigenvalue weighted by atomic mass is 16.5. The Morgan fingerprint density at radius 3 is 2.55 bits per heavy atom. The highest BCUT2D eigenvalue weighted by molar-refractivity contribution is 5.72. The van der Waals surface area contributed by atoms with Crippen molar-refractivity contribution >= 4 is 11.7 Å². The molecule has 0 heterocycles. The Bertz CT molecular complexity index is 699. The van der Waals surface area contributed by atoms with Crippen LogP contribution < -0.4 is 10.5 Å². The Morgan fingerprint density at radius 2 is 1.95 bits per heavy atom. The van der Waals surface area contributed by atoms with Crippen molar-refractivity contribution in [3.8, 4) is 11.5 Å². The van der Waals surface area contributed by atoms with Gasteiger partial charge in [-0.15, -0.1) is 5.11 Å². The van der Waals surface area contributed by atoms with Crippen LogP contribution >= 0.6 is 0 Å². The summed E-state index contributed by atoms with van der Waals surface area (Å²) in [6, 6.07) is 11.9. The second-order valence-electron chi connectivity index (χ2n) is 4.75. The fourth-order valence-electron chi connectivity index (χ4n) is 2.19. The van der Waals surface area contributed by atoms with Crippen LogP contribution in [0.4, 0.5) is 10.5 Å². The molecule has 2 amide bonds. The van der Waals surface area contributed by atoms with Gasteiger partial charge in [-0.3, -0.25) is 0 Å². The highest BCUT2D eigenvalue weighted by Crippen LogP contribution is 2.39. The molecular formula is C16H17N3O3. The van der Waals surface area contributed by atoms with Crippen molar-refractivity contribution in [1.29, 1.82) is 0 Å². The average Bonchev–Trinajstić information content (AvgIpc) is 2.53. The van der Waals surface area contributed by atoms with Crippen LogP contribution in [0.25, 0.3) is 0 Å². The maximum Gasteiger partial charge on any atom is 0.356 e. The van der Waals surface area contributed by atoms with Crippen molar-refractivity contribution in [2.45, 2.75) is 12.8 Å². The number of phenols is 1. The molecule has 22 heavy (non-hydrogen) atoms. The molecule has 2 aromatic rings. The van der Waals surface area contributed by atoms with E-state index in [1.807, 2.05) is 37.3 Å². The maximum atomic E-state index is 10.8. The number of rotatable bonds is 4. The quantitative estimate of drug-likeness (QED) is 0.842. The summed E-state index contributed by atoms with van der Waals surface area (Å²) < 4.78 is 5.13. The Hall–Kier alpha value is -2.89. The second kappa shape index (κ2) is 6.71. The fraction of sp³-hybridized carbons (Fsp3) is 0.188. The number of methoxy groups -OCH3 is 1. The predicted molar refractivity (Wildman–Crippen MR) is 82.7 cm³/mol. The predicted octanol–water partition coefficient (Wildman–Crippen LogP) is 3.72. The number of hydrogen-bond donors (Lipinski definition) is 2. The summed E-state index contributed by atoms with van der Waals surface area (Å²) in [6.45, 7) is 1.96. The molecule has 1 unspecified atom stereocenters. The van der Waals surface area contributed by atoms with Crippen molar-refractivity contribution in [2.24, 2.45) is 16.0 Å². The zero-order valence-corrected chi connectivity index (χ0v) is 12.4. The van der Waals surface area contributed by atoms with E-state index in [0.717, 1.165) is 5.56 Å². The van der Waals surface area contributed by atoms with E-state index in [4.69, 9.17) is 10.5 Å². The van der Waals surface area contributed by atoms with Gasteiger partial charge in [0, 0.05) is 17.5 Å². The summed E-state index contributed by atoms with van der Waals surface area (Å²) in [5, 5.41) is 17.3. The van der Waals surface area contributed by atoms with E-state index in [1.165, 1.54) is 13.2 Å². The van der Waals surface area contributed by atoms with E-state index in [0.29, 0.717) is 17.0 Å². The molecule has 0 aliphatic carbocycles. The van der Waals surface area contributed by atoms with Crippen molar-refractivity contribution in [1.82, 2.24) is 0 Å². The monoisotopic (exact) mass is 299 g/mol. The number of amides is 2. The summed E-state index contributed by atoms with van der Waals surface area (Å²) >= 11 is 0. The molecule has 0 aromatic heterocycles. The number of urea groups is 1.